The zero-order chi connectivity index (χ0) is 21.1. The van der Waals surface area contributed by atoms with E-state index in [1.807, 2.05) is 0 Å². The van der Waals surface area contributed by atoms with Crippen molar-refractivity contribution in [1.82, 2.24) is 4.98 Å². The normalized spacial score (nSPS) is 16.9. The molecular weight excluding hydrogens is 388 g/mol. The van der Waals surface area contributed by atoms with Crippen molar-refractivity contribution in [1.29, 1.82) is 0 Å². The van der Waals surface area contributed by atoms with Gasteiger partial charge < -0.3 is 10.3 Å². The molecule has 0 saturated carbocycles. The van der Waals surface area contributed by atoms with E-state index in [1.54, 1.807) is 0 Å². The van der Waals surface area contributed by atoms with E-state index >= 15 is 0 Å². The maximum absolute atomic E-state index is 3.66. The van der Waals surface area contributed by atoms with E-state index in [-0.39, 0.29) is 0 Å². The molecule has 0 saturated heterocycles. The Morgan fingerprint density at radius 1 is 0.656 bits per heavy atom. The molecule has 0 radical (unpaired) electrons. The van der Waals surface area contributed by atoms with Gasteiger partial charge in [-0.05, 0) is 70.7 Å². The van der Waals surface area contributed by atoms with Crippen molar-refractivity contribution in [2.24, 2.45) is 0 Å². The molecule has 32 heavy (non-hydrogen) atoms. The predicted molar refractivity (Wildman–Crippen MR) is 136 cm³/mol. The van der Waals surface area contributed by atoms with E-state index in [4.69, 9.17) is 0 Å². The number of benzene rings is 4. The first kappa shape index (κ1) is 17.6. The Hall–Kier alpha value is -4.04. The van der Waals surface area contributed by atoms with Gasteiger partial charge in [-0.2, -0.15) is 0 Å². The van der Waals surface area contributed by atoms with Crippen LogP contribution in [0.4, 0.5) is 5.69 Å². The third-order valence-electron chi connectivity index (χ3n) is 6.86. The van der Waals surface area contributed by atoms with Crippen LogP contribution in [0.25, 0.3) is 44.1 Å². The lowest BCUT2D eigenvalue weighted by Crippen LogP contribution is -2.15. The number of fused-ring (bicyclic) bond motifs is 6. The van der Waals surface area contributed by atoms with Gasteiger partial charge in [0.2, 0.25) is 0 Å². The second-order valence-electron chi connectivity index (χ2n) is 8.75. The number of aromatic amines is 1. The first-order valence-electron chi connectivity index (χ1n) is 11.2. The molecular formula is C30H22N2. The lowest BCUT2D eigenvalue weighted by atomic mass is 9.88. The van der Waals surface area contributed by atoms with Crippen molar-refractivity contribution in [2.75, 3.05) is 5.32 Å². The summed E-state index contributed by atoms with van der Waals surface area (Å²) in [6, 6.07) is 33.2. The van der Waals surface area contributed by atoms with Crippen molar-refractivity contribution < 1.29 is 0 Å². The Labute approximate surface area is 186 Å². The van der Waals surface area contributed by atoms with Gasteiger partial charge in [0.1, 0.15) is 0 Å². The first-order chi connectivity index (χ1) is 15.8. The summed E-state index contributed by atoms with van der Waals surface area (Å²) in [5, 5.41) is 6.21. The number of hydrogen-bond donors (Lipinski definition) is 2. The number of nitrogens with one attached hydrogen (secondary N) is 2. The quantitative estimate of drug-likeness (QED) is 0.307. The highest BCUT2D eigenvalue weighted by Crippen LogP contribution is 2.41. The van der Waals surface area contributed by atoms with Crippen LogP contribution in [-0.4, -0.2) is 11.0 Å². The average Bonchev–Trinajstić information content (AvgIpc) is 3.41. The molecule has 1 aliphatic carbocycles. The number of para-hydroxylation sites is 2. The number of allylic oxidation sites excluding steroid dienone is 2. The number of hydrogen-bond acceptors (Lipinski definition) is 1. The van der Waals surface area contributed by atoms with E-state index in [9.17, 15) is 0 Å². The summed E-state index contributed by atoms with van der Waals surface area (Å²) in [6.45, 7) is 0. The molecule has 4 aromatic carbocycles. The fourth-order valence-corrected chi connectivity index (χ4v) is 5.26. The van der Waals surface area contributed by atoms with Crippen LogP contribution < -0.4 is 5.32 Å². The van der Waals surface area contributed by atoms with Gasteiger partial charge in [0.05, 0.1) is 6.04 Å². The fourth-order valence-electron chi connectivity index (χ4n) is 5.26. The Morgan fingerprint density at radius 2 is 1.47 bits per heavy atom. The zero-order valence-electron chi connectivity index (χ0n) is 17.6. The van der Waals surface area contributed by atoms with Crippen LogP contribution in [0.5, 0.6) is 0 Å². The summed E-state index contributed by atoms with van der Waals surface area (Å²) in [7, 11) is 0. The topological polar surface area (TPSA) is 27.8 Å². The molecule has 0 fully saturated rings. The van der Waals surface area contributed by atoms with Crippen LogP contribution in [0.1, 0.15) is 17.5 Å². The van der Waals surface area contributed by atoms with Crippen molar-refractivity contribution >= 4 is 38.6 Å². The minimum absolute atomic E-state index is 0.392. The highest BCUT2D eigenvalue weighted by atomic mass is 15.0. The SMILES string of the molecule is C1=C(c2cccc(-c3ccc4[nH]c5ccccc5c4c3)c2)C=C2c3ccccc3NC2C1. The number of H-pyrrole nitrogens is 1. The standard InChI is InChI=1S/C30H22N2/c1-3-10-27-23(8-1)25-17-21(12-14-29(25)31-27)19-6-5-7-20(16-19)22-13-15-30-26(18-22)24-9-2-4-11-28(24)32-30/h1-14,16-18,30-32H,15H2. The molecule has 2 N–H and O–H groups in total. The molecule has 0 amide bonds. The molecule has 0 spiro atoms. The summed E-state index contributed by atoms with van der Waals surface area (Å²) in [6.07, 6.45) is 5.76. The van der Waals surface area contributed by atoms with Gasteiger partial charge in [0.25, 0.3) is 0 Å². The smallest absolute Gasteiger partial charge is 0.0555 e. The molecule has 7 rings (SSSR count). The van der Waals surface area contributed by atoms with Gasteiger partial charge >= 0.3 is 0 Å². The molecule has 2 heterocycles. The second-order valence-corrected chi connectivity index (χ2v) is 8.75. The predicted octanol–water partition coefficient (Wildman–Crippen LogP) is 7.65. The lowest BCUT2D eigenvalue weighted by molar-refractivity contribution is 0.931. The largest absolute Gasteiger partial charge is 0.377 e. The molecule has 2 nitrogen and oxygen atoms in total. The van der Waals surface area contributed by atoms with Crippen LogP contribution in [0.3, 0.4) is 0 Å². The Morgan fingerprint density at radius 3 is 2.47 bits per heavy atom. The van der Waals surface area contributed by atoms with E-state index in [0.717, 1.165) is 6.42 Å². The van der Waals surface area contributed by atoms with Crippen molar-refractivity contribution in [3.8, 4) is 11.1 Å². The summed E-state index contributed by atoms with van der Waals surface area (Å²) >= 11 is 0. The van der Waals surface area contributed by atoms with Gasteiger partial charge in [-0.25, -0.2) is 0 Å². The summed E-state index contributed by atoms with van der Waals surface area (Å²) < 4.78 is 0. The highest BCUT2D eigenvalue weighted by molar-refractivity contribution is 6.08. The molecule has 1 aliphatic heterocycles. The maximum Gasteiger partial charge on any atom is 0.0555 e. The minimum Gasteiger partial charge on any atom is -0.377 e. The minimum atomic E-state index is 0.392. The highest BCUT2D eigenvalue weighted by Gasteiger charge is 2.27. The Bertz CT molecular complexity index is 1580. The first-order valence-corrected chi connectivity index (χ1v) is 11.2. The van der Waals surface area contributed by atoms with Gasteiger partial charge in [0, 0.05) is 33.1 Å². The van der Waals surface area contributed by atoms with Crippen LogP contribution in [-0.2, 0) is 0 Å². The molecule has 1 unspecified atom stereocenters. The number of rotatable bonds is 2. The molecule has 152 valence electrons. The third kappa shape index (κ3) is 2.66. The summed E-state index contributed by atoms with van der Waals surface area (Å²) in [5.41, 5.74) is 11.4. The molecule has 1 atom stereocenters. The van der Waals surface area contributed by atoms with Crippen LogP contribution in [0.2, 0.25) is 0 Å². The van der Waals surface area contributed by atoms with Crippen LogP contribution in [0.15, 0.2) is 103 Å². The van der Waals surface area contributed by atoms with E-state index in [0.29, 0.717) is 6.04 Å². The summed E-state index contributed by atoms with van der Waals surface area (Å²) in [4.78, 5) is 3.53. The summed E-state index contributed by atoms with van der Waals surface area (Å²) in [5.74, 6) is 0. The molecule has 2 heteroatoms. The fraction of sp³-hybridized carbons (Fsp3) is 0.0667. The molecule has 5 aromatic rings. The van der Waals surface area contributed by atoms with Gasteiger partial charge in [-0.15, -0.1) is 0 Å². The van der Waals surface area contributed by atoms with Gasteiger partial charge in [-0.3, -0.25) is 0 Å². The lowest BCUT2D eigenvalue weighted by Gasteiger charge is -2.18. The van der Waals surface area contributed by atoms with Crippen molar-refractivity contribution in [2.45, 2.75) is 12.5 Å². The molecule has 0 bridgehead atoms. The van der Waals surface area contributed by atoms with Gasteiger partial charge in [0.15, 0.2) is 0 Å². The number of anilines is 1. The third-order valence-corrected chi connectivity index (χ3v) is 6.86. The van der Waals surface area contributed by atoms with Gasteiger partial charge in [-0.1, -0.05) is 66.7 Å². The van der Waals surface area contributed by atoms with E-state index in [1.165, 1.54) is 60.9 Å². The van der Waals surface area contributed by atoms with E-state index in [2.05, 4.69) is 113 Å². The van der Waals surface area contributed by atoms with E-state index < -0.39 is 0 Å². The Balaban J connectivity index is 1.30. The van der Waals surface area contributed by atoms with Crippen molar-refractivity contribution in [3.63, 3.8) is 0 Å². The zero-order valence-corrected chi connectivity index (χ0v) is 17.6. The van der Waals surface area contributed by atoms with Crippen LogP contribution in [0, 0.1) is 0 Å². The Kier molecular flexibility index (Phi) is 3.71. The average molecular weight is 411 g/mol. The molecule has 2 aliphatic rings. The maximum atomic E-state index is 3.66. The molecule has 1 aromatic heterocycles. The van der Waals surface area contributed by atoms with Crippen molar-refractivity contribution in [3.05, 3.63) is 114 Å². The van der Waals surface area contributed by atoms with Crippen LogP contribution >= 0.6 is 0 Å². The number of aromatic nitrogens is 1. The monoisotopic (exact) mass is 410 g/mol. The second kappa shape index (κ2) is 6.73.